The van der Waals surface area contributed by atoms with Crippen molar-refractivity contribution in [3.8, 4) is 11.5 Å². The molecule has 1 aliphatic carbocycles. The number of hydrogen-bond acceptors (Lipinski definition) is 8. The van der Waals surface area contributed by atoms with Crippen molar-refractivity contribution in [3.63, 3.8) is 0 Å². The highest BCUT2D eigenvalue weighted by molar-refractivity contribution is 5.83. The number of nitrogens with one attached hydrogen (secondary N) is 1. The molecular formula is C27H37N7O3. The van der Waals surface area contributed by atoms with Crippen molar-refractivity contribution in [2.45, 2.75) is 76.9 Å². The van der Waals surface area contributed by atoms with Crippen molar-refractivity contribution in [1.82, 2.24) is 35.0 Å². The van der Waals surface area contributed by atoms with E-state index in [1.165, 1.54) is 32.1 Å². The zero-order valence-corrected chi connectivity index (χ0v) is 22.1. The molecule has 0 bridgehead atoms. The van der Waals surface area contributed by atoms with E-state index < -0.39 is 0 Å². The lowest BCUT2D eigenvalue weighted by Crippen LogP contribution is -2.52. The van der Waals surface area contributed by atoms with Gasteiger partial charge in [-0.2, -0.15) is 0 Å². The maximum atomic E-state index is 13.6. The number of piperazine rings is 1. The van der Waals surface area contributed by atoms with E-state index >= 15 is 0 Å². The van der Waals surface area contributed by atoms with Crippen LogP contribution < -0.4 is 15.0 Å². The van der Waals surface area contributed by atoms with Crippen molar-refractivity contribution in [2.24, 2.45) is 0 Å². The van der Waals surface area contributed by atoms with Crippen LogP contribution in [0.1, 0.15) is 76.7 Å². The van der Waals surface area contributed by atoms with Crippen molar-refractivity contribution in [2.75, 3.05) is 33.0 Å². The minimum atomic E-state index is -0.354. The Balaban J connectivity index is 1.39. The lowest BCUT2D eigenvalue weighted by atomic mass is 9.93. The van der Waals surface area contributed by atoms with Crippen molar-refractivity contribution in [3.05, 3.63) is 39.9 Å². The van der Waals surface area contributed by atoms with Gasteiger partial charge in [-0.1, -0.05) is 26.2 Å². The summed E-state index contributed by atoms with van der Waals surface area (Å²) in [5.74, 6) is 2.06. The molecule has 2 aliphatic heterocycles. The van der Waals surface area contributed by atoms with Gasteiger partial charge in [0.05, 0.1) is 11.1 Å². The summed E-state index contributed by atoms with van der Waals surface area (Å²) in [4.78, 5) is 21.7. The Bertz CT molecular complexity index is 1320. The molecule has 37 heavy (non-hydrogen) atoms. The number of aromatic amines is 1. The largest absolute Gasteiger partial charge is 0.454 e. The van der Waals surface area contributed by atoms with Crippen LogP contribution in [0.25, 0.3) is 10.9 Å². The van der Waals surface area contributed by atoms with E-state index in [1.807, 2.05) is 22.9 Å². The van der Waals surface area contributed by atoms with Crippen LogP contribution in [0.15, 0.2) is 23.0 Å². The Morgan fingerprint density at radius 1 is 1.05 bits per heavy atom. The maximum absolute atomic E-state index is 13.6. The van der Waals surface area contributed by atoms with Gasteiger partial charge < -0.3 is 14.5 Å². The van der Waals surface area contributed by atoms with E-state index in [0.717, 1.165) is 43.5 Å². The van der Waals surface area contributed by atoms with Crippen LogP contribution in [0.3, 0.4) is 0 Å². The summed E-state index contributed by atoms with van der Waals surface area (Å²) in [6, 6.07) is 6.09. The summed E-state index contributed by atoms with van der Waals surface area (Å²) in [5, 5.41) is 13.9. The van der Waals surface area contributed by atoms with Gasteiger partial charge in [0.15, 0.2) is 17.3 Å². The van der Waals surface area contributed by atoms with E-state index in [4.69, 9.17) is 9.47 Å². The molecule has 1 saturated heterocycles. The van der Waals surface area contributed by atoms with Gasteiger partial charge in [0, 0.05) is 49.2 Å². The van der Waals surface area contributed by atoms with Gasteiger partial charge >= 0.3 is 0 Å². The van der Waals surface area contributed by atoms with Gasteiger partial charge in [0.2, 0.25) is 6.79 Å². The highest BCUT2D eigenvalue weighted by Gasteiger charge is 2.36. The third kappa shape index (κ3) is 4.50. The molecule has 0 radical (unpaired) electrons. The molecule has 1 saturated carbocycles. The highest BCUT2D eigenvalue weighted by Crippen LogP contribution is 2.37. The molecular weight excluding hydrogens is 470 g/mol. The Labute approximate surface area is 216 Å². The average Bonchev–Trinajstić information content (AvgIpc) is 3.59. The van der Waals surface area contributed by atoms with E-state index in [0.29, 0.717) is 28.9 Å². The Morgan fingerprint density at radius 2 is 1.78 bits per heavy atom. The number of tetrazole rings is 1. The highest BCUT2D eigenvalue weighted by atomic mass is 16.7. The second-order valence-electron chi connectivity index (χ2n) is 11.2. The first-order valence-electron chi connectivity index (χ1n) is 13.7. The molecule has 1 atom stereocenters. The molecule has 0 unspecified atom stereocenters. The molecule has 10 heteroatoms. The van der Waals surface area contributed by atoms with Crippen LogP contribution in [-0.4, -0.2) is 74.0 Å². The minimum absolute atomic E-state index is 0.130. The first kappa shape index (κ1) is 24.4. The second kappa shape index (κ2) is 9.72. The summed E-state index contributed by atoms with van der Waals surface area (Å²) in [7, 11) is 0. The molecule has 1 N–H and O–H groups in total. The zero-order chi connectivity index (χ0) is 25.6. The summed E-state index contributed by atoms with van der Waals surface area (Å²) in [6.07, 6.45) is 7.49. The fraction of sp³-hybridized carbons (Fsp3) is 0.630. The van der Waals surface area contributed by atoms with Crippen molar-refractivity contribution >= 4 is 10.9 Å². The summed E-state index contributed by atoms with van der Waals surface area (Å²) >= 11 is 0. The molecule has 0 amide bonds. The lowest BCUT2D eigenvalue weighted by Gasteiger charge is -2.43. The summed E-state index contributed by atoms with van der Waals surface area (Å²) in [6.45, 7) is 10.3. The van der Waals surface area contributed by atoms with Gasteiger partial charge in [-0.15, -0.1) is 5.10 Å². The van der Waals surface area contributed by atoms with Crippen LogP contribution >= 0.6 is 0 Å². The average molecular weight is 508 g/mol. The van der Waals surface area contributed by atoms with Crippen LogP contribution in [0.4, 0.5) is 0 Å². The molecule has 2 fully saturated rings. The molecule has 6 rings (SSSR count). The number of H-pyrrole nitrogens is 1. The second-order valence-corrected chi connectivity index (χ2v) is 11.2. The number of ether oxygens (including phenoxy) is 2. The smallest absolute Gasteiger partial charge is 0.253 e. The Kier molecular flexibility index (Phi) is 6.40. The predicted molar refractivity (Wildman–Crippen MR) is 140 cm³/mol. The molecule has 3 aromatic rings. The van der Waals surface area contributed by atoms with Gasteiger partial charge in [-0.25, -0.2) is 4.68 Å². The van der Waals surface area contributed by atoms with Gasteiger partial charge in [0.25, 0.3) is 5.56 Å². The van der Waals surface area contributed by atoms with Gasteiger partial charge in [-0.3, -0.25) is 14.6 Å². The number of pyridine rings is 1. The molecule has 198 valence electrons. The maximum Gasteiger partial charge on any atom is 0.253 e. The van der Waals surface area contributed by atoms with E-state index in [1.54, 1.807) is 0 Å². The fourth-order valence-corrected chi connectivity index (χ4v) is 6.07. The number of fused-ring (bicyclic) bond motifs is 2. The molecule has 2 aromatic heterocycles. The minimum Gasteiger partial charge on any atom is -0.454 e. The van der Waals surface area contributed by atoms with Gasteiger partial charge in [0.1, 0.15) is 6.04 Å². The van der Waals surface area contributed by atoms with Crippen LogP contribution in [-0.2, 0) is 5.54 Å². The quantitative estimate of drug-likeness (QED) is 0.542. The Hall–Kier alpha value is -2.98. The third-order valence-corrected chi connectivity index (χ3v) is 8.64. The monoisotopic (exact) mass is 507 g/mol. The molecule has 1 aromatic carbocycles. The van der Waals surface area contributed by atoms with Crippen molar-refractivity contribution in [1.29, 1.82) is 0 Å². The number of aromatic nitrogens is 5. The van der Waals surface area contributed by atoms with Crippen LogP contribution in [0.5, 0.6) is 11.5 Å². The molecule has 3 aliphatic rings. The van der Waals surface area contributed by atoms with Crippen LogP contribution in [0.2, 0.25) is 0 Å². The first-order valence-corrected chi connectivity index (χ1v) is 13.7. The SMILES string of the molecule is CCC(C)(C)n1nnnc1[C@@H](c1cc2cc3c(cc2[nH]c1=O)OCO3)N1CCN(C2CCCCC2)CC1. The number of hydrogen-bond donors (Lipinski definition) is 1. The summed E-state index contributed by atoms with van der Waals surface area (Å²) < 4.78 is 13.0. The standard InChI is InChI=1S/C27H37N7O3/c1-4-27(2,3)34-25(29-30-31-34)24(33-12-10-32(11-13-33)19-8-6-5-7-9-19)20-14-18-15-22-23(37-17-36-22)16-21(18)28-26(20)35/h14-16,19,24H,4-13,17H2,1-3H3,(H,28,35)/t24-/m1/s1. The van der Waals surface area contributed by atoms with E-state index in [2.05, 4.69) is 51.1 Å². The zero-order valence-electron chi connectivity index (χ0n) is 22.1. The fourth-order valence-electron chi connectivity index (χ4n) is 6.07. The number of rotatable bonds is 6. The van der Waals surface area contributed by atoms with Crippen LogP contribution in [0, 0.1) is 0 Å². The number of benzene rings is 1. The van der Waals surface area contributed by atoms with E-state index in [9.17, 15) is 4.79 Å². The number of nitrogens with zero attached hydrogens (tertiary/aromatic N) is 6. The van der Waals surface area contributed by atoms with Gasteiger partial charge in [-0.05, 0) is 55.7 Å². The normalized spacial score (nSPS) is 20.5. The Morgan fingerprint density at radius 3 is 2.51 bits per heavy atom. The predicted octanol–water partition coefficient (Wildman–Crippen LogP) is 3.43. The molecule has 0 spiro atoms. The van der Waals surface area contributed by atoms with E-state index in [-0.39, 0.29) is 23.9 Å². The van der Waals surface area contributed by atoms with Crippen molar-refractivity contribution < 1.29 is 9.47 Å². The molecule has 10 nitrogen and oxygen atoms in total. The topological polar surface area (TPSA) is 101 Å². The lowest BCUT2D eigenvalue weighted by molar-refractivity contribution is 0.0603. The molecule has 4 heterocycles. The third-order valence-electron chi connectivity index (χ3n) is 8.64. The summed E-state index contributed by atoms with van der Waals surface area (Å²) in [5.41, 5.74) is 0.971. The first-order chi connectivity index (χ1) is 17.9.